The number of carbonyl (C=O) groups is 1. The Bertz CT molecular complexity index is 605. The fourth-order valence-corrected chi connectivity index (χ4v) is 1.85. The van der Waals surface area contributed by atoms with Gasteiger partial charge in [0.25, 0.3) is 0 Å². The summed E-state index contributed by atoms with van der Waals surface area (Å²) in [5.74, 6) is -1.73. The van der Waals surface area contributed by atoms with Crippen LogP contribution >= 0.6 is 0 Å². The number of aromatic nitrogens is 2. The fraction of sp³-hybridized carbons (Fsp3) is 0.286. The first kappa shape index (κ1) is 13.4. The van der Waals surface area contributed by atoms with Gasteiger partial charge in [0.2, 0.25) is 0 Å². The number of aldehydes is 1. The molecule has 0 fully saturated rings. The third-order valence-corrected chi connectivity index (χ3v) is 2.74. The Hall–Kier alpha value is -2.04. The summed E-state index contributed by atoms with van der Waals surface area (Å²) in [5.41, 5.74) is 0.323. The van der Waals surface area contributed by atoms with E-state index in [9.17, 15) is 13.6 Å². The molecule has 1 heterocycles. The van der Waals surface area contributed by atoms with Crippen LogP contribution in [0.25, 0.3) is 11.1 Å². The maximum atomic E-state index is 13.8. The summed E-state index contributed by atoms with van der Waals surface area (Å²) >= 11 is 0. The number of halogens is 2. The van der Waals surface area contributed by atoms with Gasteiger partial charge in [0.15, 0.2) is 17.9 Å². The molecule has 0 aliphatic carbocycles. The van der Waals surface area contributed by atoms with Gasteiger partial charge in [0, 0.05) is 23.9 Å². The highest BCUT2D eigenvalue weighted by molar-refractivity contribution is 5.77. The van der Waals surface area contributed by atoms with Gasteiger partial charge in [-0.05, 0) is 12.0 Å². The third kappa shape index (κ3) is 2.70. The summed E-state index contributed by atoms with van der Waals surface area (Å²) < 4.78 is 29.1. The normalized spacial score (nSPS) is 11.0. The van der Waals surface area contributed by atoms with Gasteiger partial charge in [0.05, 0.1) is 11.8 Å². The van der Waals surface area contributed by atoms with E-state index in [-0.39, 0.29) is 11.1 Å². The predicted molar refractivity (Wildman–Crippen MR) is 67.8 cm³/mol. The molecule has 0 amide bonds. The topological polar surface area (TPSA) is 34.9 Å². The lowest BCUT2D eigenvalue weighted by Gasteiger charge is -2.04. The van der Waals surface area contributed by atoms with Crippen LogP contribution in [0.1, 0.15) is 24.2 Å². The van der Waals surface area contributed by atoms with E-state index in [1.165, 1.54) is 18.3 Å². The van der Waals surface area contributed by atoms with Crippen LogP contribution in [-0.2, 0) is 6.54 Å². The van der Waals surface area contributed by atoms with Crippen LogP contribution in [0.2, 0.25) is 0 Å². The molecule has 1 aromatic heterocycles. The second kappa shape index (κ2) is 5.30. The van der Waals surface area contributed by atoms with Gasteiger partial charge in [-0.15, -0.1) is 0 Å². The number of rotatable bonds is 4. The molecule has 0 saturated carbocycles. The first-order valence-corrected chi connectivity index (χ1v) is 5.99. The van der Waals surface area contributed by atoms with E-state index in [1.54, 1.807) is 10.9 Å². The lowest BCUT2D eigenvalue weighted by Crippen LogP contribution is -2.04. The highest BCUT2D eigenvalue weighted by Crippen LogP contribution is 2.25. The van der Waals surface area contributed by atoms with Crippen LogP contribution < -0.4 is 0 Å². The molecule has 2 rings (SSSR count). The van der Waals surface area contributed by atoms with Gasteiger partial charge in [0.1, 0.15) is 0 Å². The Morgan fingerprint density at radius 3 is 2.68 bits per heavy atom. The van der Waals surface area contributed by atoms with Crippen molar-refractivity contribution in [2.75, 3.05) is 0 Å². The first-order valence-electron chi connectivity index (χ1n) is 5.99. The molecule has 0 saturated heterocycles. The summed E-state index contributed by atoms with van der Waals surface area (Å²) in [7, 11) is 0. The molecule has 0 unspecified atom stereocenters. The standard InChI is InChI=1S/C14H14F2N2O/c1-9(2)6-18-7-11(5-17-18)12-4-3-10(8-19)13(15)14(12)16/h3-5,7-9H,6H2,1-2H3. The van der Waals surface area contributed by atoms with Crippen LogP contribution in [0.4, 0.5) is 8.78 Å². The minimum absolute atomic E-state index is 0.109. The van der Waals surface area contributed by atoms with Crippen molar-refractivity contribution in [3.8, 4) is 11.1 Å². The van der Waals surface area contributed by atoms with Crippen molar-refractivity contribution in [1.29, 1.82) is 0 Å². The molecule has 3 nitrogen and oxygen atoms in total. The van der Waals surface area contributed by atoms with E-state index in [2.05, 4.69) is 5.10 Å². The van der Waals surface area contributed by atoms with Gasteiger partial charge in [-0.1, -0.05) is 19.9 Å². The zero-order chi connectivity index (χ0) is 14.0. The molecule has 0 aliphatic heterocycles. The molecule has 0 spiro atoms. The van der Waals surface area contributed by atoms with E-state index in [1.807, 2.05) is 13.8 Å². The zero-order valence-corrected chi connectivity index (χ0v) is 10.7. The number of hydrogen-bond acceptors (Lipinski definition) is 2. The van der Waals surface area contributed by atoms with E-state index >= 15 is 0 Å². The first-order chi connectivity index (χ1) is 9.02. The smallest absolute Gasteiger partial charge is 0.169 e. The molecule has 0 N–H and O–H groups in total. The molecule has 0 atom stereocenters. The van der Waals surface area contributed by atoms with Crippen molar-refractivity contribution >= 4 is 6.29 Å². The maximum absolute atomic E-state index is 13.8. The Labute approximate surface area is 109 Å². The molecular weight excluding hydrogens is 250 g/mol. The van der Waals surface area contributed by atoms with Crippen LogP contribution in [-0.4, -0.2) is 16.1 Å². The van der Waals surface area contributed by atoms with Gasteiger partial charge < -0.3 is 0 Å². The van der Waals surface area contributed by atoms with E-state index < -0.39 is 11.6 Å². The monoisotopic (exact) mass is 264 g/mol. The largest absolute Gasteiger partial charge is 0.298 e. The Morgan fingerprint density at radius 2 is 2.05 bits per heavy atom. The van der Waals surface area contributed by atoms with Crippen molar-refractivity contribution in [2.24, 2.45) is 5.92 Å². The average molecular weight is 264 g/mol. The van der Waals surface area contributed by atoms with Gasteiger partial charge >= 0.3 is 0 Å². The fourth-order valence-electron chi connectivity index (χ4n) is 1.85. The van der Waals surface area contributed by atoms with Gasteiger partial charge in [-0.3, -0.25) is 9.48 Å². The Kier molecular flexibility index (Phi) is 3.74. The molecule has 0 bridgehead atoms. The molecule has 19 heavy (non-hydrogen) atoms. The summed E-state index contributed by atoms with van der Waals surface area (Å²) in [4.78, 5) is 10.5. The summed E-state index contributed by atoms with van der Waals surface area (Å²) in [5, 5.41) is 4.10. The number of nitrogens with zero attached hydrogens (tertiary/aromatic N) is 2. The second-order valence-electron chi connectivity index (χ2n) is 4.79. The molecule has 2 aromatic rings. The second-order valence-corrected chi connectivity index (χ2v) is 4.79. The van der Waals surface area contributed by atoms with Crippen molar-refractivity contribution < 1.29 is 13.6 Å². The van der Waals surface area contributed by atoms with Gasteiger partial charge in [-0.25, -0.2) is 8.78 Å². The van der Waals surface area contributed by atoms with Crippen LogP contribution in [0.15, 0.2) is 24.5 Å². The van der Waals surface area contributed by atoms with Crippen molar-refractivity contribution in [3.63, 3.8) is 0 Å². The lowest BCUT2D eigenvalue weighted by molar-refractivity contribution is 0.111. The summed E-state index contributed by atoms with van der Waals surface area (Å²) in [6, 6.07) is 2.65. The lowest BCUT2D eigenvalue weighted by atomic mass is 10.1. The van der Waals surface area contributed by atoms with Gasteiger partial charge in [-0.2, -0.15) is 5.10 Å². The molecule has 5 heteroatoms. The maximum Gasteiger partial charge on any atom is 0.169 e. The average Bonchev–Trinajstić information content (AvgIpc) is 2.80. The predicted octanol–water partition coefficient (Wildman–Crippen LogP) is 3.30. The molecule has 100 valence electrons. The van der Waals surface area contributed by atoms with E-state index in [0.717, 1.165) is 0 Å². The third-order valence-electron chi connectivity index (χ3n) is 2.74. The quantitative estimate of drug-likeness (QED) is 0.794. The van der Waals surface area contributed by atoms with E-state index in [4.69, 9.17) is 0 Å². The SMILES string of the molecule is CC(C)Cn1cc(-c2ccc(C=O)c(F)c2F)cn1. The van der Waals surface area contributed by atoms with Crippen molar-refractivity contribution in [2.45, 2.75) is 20.4 Å². The number of carbonyl (C=O) groups excluding carboxylic acids is 1. The summed E-state index contributed by atoms with van der Waals surface area (Å²) in [6.07, 6.45) is 3.45. The zero-order valence-electron chi connectivity index (χ0n) is 10.7. The molecule has 1 aromatic carbocycles. The van der Waals surface area contributed by atoms with Crippen molar-refractivity contribution in [1.82, 2.24) is 9.78 Å². The van der Waals surface area contributed by atoms with Crippen molar-refractivity contribution in [3.05, 3.63) is 41.7 Å². The van der Waals surface area contributed by atoms with Crippen LogP contribution in [0, 0.1) is 17.6 Å². The highest BCUT2D eigenvalue weighted by Gasteiger charge is 2.15. The Morgan fingerprint density at radius 1 is 1.32 bits per heavy atom. The van der Waals surface area contributed by atoms with Crippen LogP contribution in [0.3, 0.4) is 0 Å². The molecular formula is C14H14F2N2O. The highest BCUT2D eigenvalue weighted by atomic mass is 19.2. The summed E-state index contributed by atoms with van der Waals surface area (Å²) in [6.45, 7) is 4.79. The van der Waals surface area contributed by atoms with Crippen LogP contribution in [0.5, 0.6) is 0 Å². The van der Waals surface area contributed by atoms with E-state index in [0.29, 0.717) is 24.3 Å². The minimum Gasteiger partial charge on any atom is -0.298 e. The molecule has 0 aliphatic rings. The number of benzene rings is 1. The minimum atomic E-state index is -1.12. The Balaban J connectivity index is 2.39. The number of hydrogen-bond donors (Lipinski definition) is 0. The molecule has 0 radical (unpaired) electrons.